The van der Waals surface area contributed by atoms with E-state index < -0.39 is 0 Å². The highest BCUT2D eigenvalue weighted by molar-refractivity contribution is 5.76. The Labute approximate surface area is 118 Å². The zero-order valence-corrected chi connectivity index (χ0v) is 12.8. The predicted octanol–water partition coefficient (Wildman–Crippen LogP) is 2.56. The van der Waals surface area contributed by atoms with Crippen LogP contribution in [0.25, 0.3) is 0 Å². The van der Waals surface area contributed by atoms with Gasteiger partial charge in [0.15, 0.2) is 0 Å². The van der Waals surface area contributed by atoms with Crippen molar-refractivity contribution in [1.29, 1.82) is 0 Å². The molecule has 0 saturated carbocycles. The standard InChI is InChI=1S/C15H32N2O2/c1-3-4-5-6-7-8-9-10-15(18)17(12-11-16)13-14-19-2/h3-14,16H2,1-2H3. The molecule has 19 heavy (non-hydrogen) atoms. The highest BCUT2D eigenvalue weighted by atomic mass is 16.5. The first-order valence-electron chi connectivity index (χ1n) is 7.73. The smallest absolute Gasteiger partial charge is 0.222 e. The largest absolute Gasteiger partial charge is 0.383 e. The van der Waals surface area contributed by atoms with Gasteiger partial charge < -0.3 is 15.4 Å². The molecule has 0 aromatic rings. The van der Waals surface area contributed by atoms with Crippen molar-refractivity contribution in [1.82, 2.24) is 4.90 Å². The summed E-state index contributed by atoms with van der Waals surface area (Å²) in [4.78, 5) is 13.8. The number of nitrogens with two attached hydrogens (primary N) is 1. The molecule has 0 fully saturated rings. The zero-order chi connectivity index (χ0) is 14.3. The molecule has 0 spiro atoms. The maximum atomic E-state index is 12.0. The highest BCUT2D eigenvalue weighted by Gasteiger charge is 2.11. The lowest BCUT2D eigenvalue weighted by molar-refractivity contribution is -0.131. The number of rotatable bonds is 13. The van der Waals surface area contributed by atoms with Gasteiger partial charge in [-0.15, -0.1) is 0 Å². The Hall–Kier alpha value is -0.610. The summed E-state index contributed by atoms with van der Waals surface area (Å²) in [5.74, 6) is 0.219. The molecule has 0 aromatic carbocycles. The molecule has 0 heterocycles. The van der Waals surface area contributed by atoms with E-state index in [1.165, 1.54) is 32.1 Å². The van der Waals surface area contributed by atoms with Gasteiger partial charge in [0.1, 0.15) is 0 Å². The van der Waals surface area contributed by atoms with Crippen molar-refractivity contribution in [2.24, 2.45) is 5.73 Å². The number of amides is 1. The summed E-state index contributed by atoms with van der Waals surface area (Å²) in [5, 5.41) is 0. The Morgan fingerprint density at radius 1 is 1.05 bits per heavy atom. The first kappa shape index (κ1) is 18.4. The first-order chi connectivity index (χ1) is 9.26. The van der Waals surface area contributed by atoms with Gasteiger partial charge in [0, 0.05) is 33.2 Å². The van der Waals surface area contributed by atoms with E-state index in [-0.39, 0.29) is 5.91 Å². The van der Waals surface area contributed by atoms with E-state index in [1.807, 2.05) is 4.90 Å². The third-order valence-electron chi connectivity index (χ3n) is 3.31. The molecule has 0 saturated heterocycles. The van der Waals surface area contributed by atoms with Gasteiger partial charge in [-0.1, -0.05) is 45.4 Å². The van der Waals surface area contributed by atoms with E-state index in [0.717, 1.165) is 12.8 Å². The molecule has 0 aliphatic carbocycles. The van der Waals surface area contributed by atoms with E-state index in [2.05, 4.69) is 6.92 Å². The second-order valence-electron chi connectivity index (χ2n) is 5.03. The van der Waals surface area contributed by atoms with Gasteiger partial charge in [0.25, 0.3) is 0 Å². The molecule has 4 nitrogen and oxygen atoms in total. The predicted molar refractivity (Wildman–Crippen MR) is 80.1 cm³/mol. The van der Waals surface area contributed by atoms with Crippen LogP contribution in [-0.2, 0) is 9.53 Å². The quantitative estimate of drug-likeness (QED) is 0.524. The fourth-order valence-electron chi connectivity index (χ4n) is 2.11. The number of methoxy groups -OCH3 is 1. The Morgan fingerprint density at radius 2 is 1.68 bits per heavy atom. The van der Waals surface area contributed by atoms with Crippen LogP contribution in [0.4, 0.5) is 0 Å². The van der Waals surface area contributed by atoms with Crippen molar-refractivity contribution >= 4 is 5.91 Å². The number of hydrogen-bond donors (Lipinski definition) is 1. The third kappa shape index (κ3) is 11.0. The van der Waals surface area contributed by atoms with E-state index in [1.54, 1.807) is 7.11 Å². The fraction of sp³-hybridized carbons (Fsp3) is 0.933. The van der Waals surface area contributed by atoms with Crippen molar-refractivity contribution in [2.75, 3.05) is 33.4 Å². The lowest BCUT2D eigenvalue weighted by atomic mass is 10.1. The number of hydrogen-bond acceptors (Lipinski definition) is 3. The zero-order valence-electron chi connectivity index (χ0n) is 12.8. The minimum Gasteiger partial charge on any atom is -0.383 e. The highest BCUT2D eigenvalue weighted by Crippen LogP contribution is 2.09. The summed E-state index contributed by atoms with van der Waals surface area (Å²) >= 11 is 0. The summed E-state index contributed by atoms with van der Waals surface area (Å²) in [7, 11) is 1.65. The molecule has 0 radical (unpaired) electrons. The van der Waals surface area contributed by atoms with Crippen LogP contribution >= 0.6 is 0 Å². The molecule has 0 atom stereocenters. The molecule has 0 bridgehead atoms. The van der Waals surface area contributed by atoms with Crippen LogP contribution in [0.5, 0.6) is 0 Å². The third-order valence-corrected chi connectivity index (χ3v) is 3.31. The lowest BCUT2D eigenvalue weighted by Gasteiger charge is -2.21. The van der Waals surface area contributed by atoms with Gasteiger partial charge in [-0.2, -0.15) is 0 Å². The monoisotopic (exact) mass is 272 g/mol. The van der Waals surface area contributed by atoms with Crippen LogP contribution in [0, 0.1) is 0 Å². The van der Waals surface area contributed by atoms with Gasteiger partial charge >= 0.3 is 0 Å². The van der Waals surface area contributed by atoms with E-state index in [9.17, 15) is 4.79 Å². The van der Waals surface area contributed by atoms with Gasteiger partial charge in [0.2, 0.25) is 5.91 Å². The molecule has 0 aromatic heterocycles. The molecule has 0 unspecified atom stereocenters. The van der Waals surface area contributed by atoms with Gasteiger partial charge in [-0.3, -0.25) is 4.79 Å². The average Bonchev–Trinajstić information content (AvgIpc) is 2.42. The minimum atomic E-state index is 0.219. The van der Waals surface area contributed by atoms with Crippen LogP contribution in [0.15, 0.2) is 0 Å². The van der Waals surface area contributed by atoms with Crippen LogP contribution in [0.1, 0.15) is 58.3 Å². The average molecular weight is 272 g/mol. The summed E-state index contributed by atoms with van der Waals surface area (Å²) < 4.78 is 5.01. The first-order valence-corrected chi connectivity index (χ1v) is 7.73. The summed E-state index contributed by atoms with van der Waals surface area (Å²) in [5.41, 5.74) is 5.53. The Kier molecular flexibility index (Phi) is 13.4. The SMILES string of the molecule is CCCCCCCCCC(=O)N(CCN)CCOC. The molecule has 1 amide bonds. The van der Waals surface area contributed by atoms with Crippen molar-refractivity contribution in [3.63, 3.8) is 0 Å². The molecule has 0 rings (SSSR count). The maximum absolute atomic E-state index is 12.0. The Bertz CT molecular complexity index is 210. The molecule has 0 aliphatic rings. The second kappa shape index (κ2) is 13.8. The topological polar surface area (TPSA) is 55.6 Å². The fourth-order valence-corrected chi connectivity index (χ4v) is 2.11. The van der Waals surface area contributed by atoms with Gasteiger partial charge in [0.05, 0.1) is 6.61 Å². The summed E-state index contributed by atoms with van der Waals surface area (Å²) in [6.45, 7) is 4.63. The van der Waals surface area contributed by atoms with Crippen LogP contribution in [-0.4, -0.2) is 44.2 Å². The molecule has 4 heteroatoms. The van der Waals surface area contributed by atoms with Crippen LogP contribution in [0.3, 0.4) is 0 Å². The number of ether oxygens (including phenoxy) is 1. The molecule has 114 valence electrons. The Morgan fingerprint density at radius 3 is 2.26 bits per heavy atom. The van der Waals surface area contributed by atoms with E-state index in [4.69, 9.17) is 10.5 Å². The Balaban J connectivity index is 3.62. The van der Waals surface area contributed by atoms with Crippen molar-refractivity contribution in [2.45, 2.75) is 58.3 Å². The van der Waals surface area contributed by atoms with Crippen LogP contribution in [0.2, 0.25) is 0 Å². The van der Waals surface area contributed by atoms with Crippen LogP contribution < -0.4 is 5.73 Å². The second-order valence-corrected chi connectivity index (χ2v) is 5.03. The minimum absolute atomic E-state index is 0.219. The normalized spacial score (nSPS) is 10.7. The number of carbonyl (C=O) groups excluding carboxylic acids is 1. The van der Waals surface area contributed by atoms with Crippen molar-refractivity contribution in [3.05, 3.63) is 0 Å². The lowest BCUT2D eigenvalue weighted by Crippen LogP contribution is -2.37. The summed E-state index contributed by atoms with van der Waals surface area (Å²) in [6, 6.07) is 0. The molecule has 2 N–H and O–H groups in total. The van der Waals surface area contributed by atoms with Crippen molar-refractivity contribution < 1.29 is 9.53 Å². The number of carbonyl (C=O) groups is 1. The number of unbranched alkanes of at least 4 members (excludes halogenated alkanes) is 6. The maximum Gasteiger partial charge on any atom is 0.222 e. The van der Waals surface area contributed by atoms with E-state index in [0.29, 0.717) is 32.7 Å². The molecular formula is C15H32N2O2. The number of nitrogens with zero attached hydrogens (tertiary/aromatic N) is 1. The van der Waals surface area contributed by atoms with E-state index >= 15 is 0 Å². The van der Waals surface area contributed by atoms with Gasteiger partial charge in [-0.25, -0.2) is 0 Å². The van der Waals surface area contributed by atoms with Gasteiger partial charge in [-0.05, 0) is 6.42 Å². The summed E-state index contributed by atoms with van der Waals surface area (Å²) in [6.07, 6.45) is 9.32. The molecular weight excluding hydrogens is 240 g/mol. The van der Waals surface area contributed by atoms with Crippen molar-refractivity contribution in [3.8, 4) is 0 Å². The molecule has 0 aliphatic heterocycles.